The molecule has 23 heavy (non-hydrogen) atoms. The molecule has 4 rings (SSSR count). The van der Waals surface area contributed by atoms with E-state index in [0.29, 0.717) is 18.0 Å². The van der Waals surface area contributed by atoms with Gasteiger partial charge in [0.2, 0.25) is 0 Å². The first kappa shape index (κ1) is 14.3. The molecule has 2 aliphatic heterocycles. The Kier molecular flexibility index (Phi) is 3.33. The molecule has 1 spiro atoms. The molecule has 2 fully saturated rings. The molecule has 1 unspecified atom stereocenters. The average Bonchev–Trinajstić information content (AvgIpc) is 3.27. The number of aromatic nitrogens is 3. The number of nitrogens with zero attached hydrogens (tertiary/aromatic N) is 4. The molecule has 1 aromatic heterocycles. The molecule has 0 bridgehead atoms. The summed E-state index contributed by atoms with van der Waals surface area (Å²) in [5.74, 6) is 1.81. The van der Waals surface area contributed by atoms with Gasteiger partial charge in [0.05, 0.1) is 12.2 Å². The number of para-hydroxylation sites is 1. The number of carbonyl (C=O) groups excluding carboxylic acids is 2. The van der Waals surface area contributed by atoms with Gasteiger partial charge in [0.15, 0.2) is 5.82 Å². The van der Waals surface area contributed by atoms with Crippen LogP contribution >= 0.6 is 11.8 Å². The largest absolute Gasteiger partial charge is 0.325 e. The van der Waals surface area contributed by atoms with Crippen molar-refractivity contribution in [2.75, 3.05) is 11.5 Å². The van der Waals surface area contributed by atoms with Crippen molar-refractivity contribution in [3.05, 3.63) is 42.5 Å². The van der Waals surface area contributed by atoms with Crippen LogP contribution < -0.4 is 5.32 Å². The molecule has 118 valence electrons. The molecule has 1 aromatic carbocycles. The van der Waals surface area contributed by atoms with Gasteiger partial charge in [-0.15, -0.1) is 5.10 Å². The molecular formula is C15H15N5O2S. The first-order valence-electron chi connectivity index (χ1n) is 7.36. The minimum Gasteiger partial charge on any atom is -0.322 e. The van der Waals surface area contributed by atoms with Crippen molar-refractivity contribution in [1.82, 2.24) is 25.0 Å². The fourth-order valence-electron chi connectivity index (χ4n) is 2.87. The number of rotatable bonds is 3. The van der Waals surface area contributed by atoms with Crippen LogP contribution in [0.4, 0.5) is 4.79 Å². The summed E-state index contributed by atoms with van der Waals surface area (Å²) in [6, 6.07) is 9.22. The zero-order chi connectivity index (χ0) is 15.9. The van der Waals surface area contributed by atoms with Crippen LogP contribution in [0.3, 0.4) is 0 Å². The molecule has 1 atom stereocenters. The molecule has 3 amide bonds. The van der Waals surface area contributed by atoms with Crippen molar-refractivity contribution in [1.29, 1.82) is 0 Å². The highest BCUT2D eigenvalue weighted by Crippen LogP contribution is 2.33. The summed E-state index contributed by atoms with van der Waals surface area (Å²) in [5, 5.41) is 7.20. The molecule has 3 heterocycles. The number of hydrogen-bond donors (Lipinski definition) is 1. The predicted molar refractivity (Wildman–Crippen MR) is 85.1 cm³/mol. The zero-order valence-electron chi connectivity index (χ0n) is 12.3. The zero-order valence-corrected chi connectivity index (χ0v) is 13.1. The summed E-state index contributed by atoms with van der Waals surface area (Å²) in [6.07, 6.45) is 2.27. The van der Waals surface area contributed by atoms with Gasteiger partial charge in [0.25, 0.3) is 5.91 Å². The molecule has 0 aliphatic carbocycles. The third-order valence-corrected chi connectivity index (χ3v) is 5.32. The van der Waals surface area contributed by atoms with Crippen molar-refractivity contribution >= 4 is 23.7 Å². The van der Waals surface area contributed by atoms with E-state index < -0.39 is 5.54 Å². The molecule has 7 nitrogen and oxygen atoms in total. The summed E-state index contributed by atoms with van der Waals surface area (Å²) in [7, 11) is 0. The van der Waals surface area contributed by atoms with Crippen LogP contribution in [-0.2, 0) is 11.3 Å². The van der Waals surface area contributed by atoms with E-state index in [-0.39, 0.29) is 18.5 Å². The third kappa shape index (κ3) is 2.39. The Hall–Kier alpha value is -2.35. The second-order valence-electron chi connectivity index (χ2n) is 5.65. The fourth-order valence-corrected chi connectivity index (χ4v) is 4.19. The Morgan fingerprint density at radius 1 is 1.26 bits per heavy atom. The maximum absolute atomic E-state index is 12.6. The lowest BCUT2D eigenvalue weighted by molar-refractivity contribution is -0.130. The van der Waals surface area contributed by atoms with Gasteiger partial charge in [-0.2, -0.15) is 11.8 Å². The highest BCUT2D eigenvalue weighted by molar-refractivity contribution is 7.99. The van der Waals surface area contributed by atoms with E-state index in [1.807, 2.05) is 30.3 Å². The highest BCUT2D eigenvalue weighted by Gasteiger charge is 2.53. The van der Waals surface area contributed by atoms with Gasteiger partial charge in [-0.25, -0.2) is 14.5 Å². The van der Waals surface area contributed by atoms with E-state index in [9.17, 15) is 9.59 Å². The maximum Gasteiger partial charge on any atom is 0.325 e. The van der Waals surface area contributed by atoms with E-state index >= 15 is 0 Å². The minimum atomic E-state index is -0.719. The van der Waals surface area contributed by atoms with Gasteiger partial charge in [0, 0.05) is 5.75 Å². The molecule has 2 aliphatic rings. The molecule has 2 aromatic rings. The quantitative estimate of drug-likeness (QED) is 0.856. The van der Waals surface area contributed by atoms with Crippen molar-refractivity contribution in [2.24, 2.45) is 0 Å². The van der Waals surface area contributed by atoms with Crippen LogP contribution in [-0.4, -0.2) is 48.6 Å². The van der Waals surface area contributed by atoms with Crippen LogP contribution in [0.15, 0.2) is 36.7 Å². The van der Waals surface area contributed by atoms with Crippen molar-refractivity contribution < 1.29 is 9.59 Å². The van der Waals surface area contributed by atoms with E-state index in [0.717, 1.165) is 11.4 Å². The number of imide groups is 1. The van der Waals surface area contributed by atoms with Gasteiger partial charge in [-0.05, 0) is 24.3 Å². The highest BCUT2D eigenvalue weighted by atomic mass is 32.2. The Morgan fingerprint density at radius 3 is 2.83 bits per heavy atom. The van der Waals surface area contributed by atoms with Crippen LogP contribution in [0.2, 0.25) is 0 Å². The van der Waals surface area contributed by atoms with E-state index in [2.05, 4.69) is 15.4 Å². The summed E-state index contributed by atoms with van der Waals surface area (Å²) in [5.41, 5.74) is 0.163. The second kappa shape index (κ2) is 5.38. The van der Waals surface area contributed by atoms with Crippen LogP contribution in [0.5, 0.6) is 0 Å². The summed E-state index contributed by atoms with van der Waals surface area (Å²) in [4.78, 5) is 30.2. The molecule has 2 saturated heterocycles. The topological polar surface area (TPSA) is 80.1 Å². The molecule has 1 N–H and O–H groups in total. The first-order chi connectivity index (χ1) is 11.2. The number of nitrogens with one attached hydrogen (secondary N) is 1. The van der Waals surface area contributed by atoms with E-state index in [1.54, 1.807) is 22.8 Å². The lowest BCUT2D eigenvalue weighted by atomic mass is 9.99. The molecule has 8 heteroatoms. The van der Waals surface area contributed by atoms with E-state index in [1.165, 1.54) is 4.90 Å². The van der Waals surface area contributed by atoms with Gasteiger partial charge in [0.1, 0.15) is 11.9 Å². The second-order valence-corrected chi connectivity index (χ2v) is 6.75. The third-order valence-electron chi connectivity index (χ3n) is 4.13. The number of thioether (sulfide) groups is 1. The van der Waals surface area contributed by atoms with Gasteiger partial charge < -0.3 is 5.32 Å². The normalized spacial score (nSPS) is 23.7. The monoisotopic (exact) mass is 329 g/mol. The summed E-state index contributed by atoms with van der Waals surface area (Å²) >= 11 is 1.69. The van der Waals surface area contributed by atoms with Gasteiger partial charge in [-0.3, -0.25) is 9.69 Å². The van der Waals surface area contributed by atoms with Crippen LogP contribution in [0.25, 0.3) is 5.69 Å². The summed E-state index contributed by atoms with van der Waals surface area (Å²) < 4.78 is 1.63. The Labute approximate surface area is 137 Å². The Balaban J connectivity index is 1.54. The summed E-state index contributed by atoms with van der Waals surface area (Å²) in [6.45, 7) is 0.0942. The van der Waals surface area contributed by atoms with Crippen molar-refractivity contribution in [3.8, 4) is 5.69 Å². The predicted octanol–water partition coefficient (Wildman–Crippen LogP) is 1.19. The molecule has 0 saturated carbocycles. The fraction of sp³-hybridized carbons (Fsp3) is 0.333. The Bertz CT molecular complexity index is 754. The number of hydrogen-bond acceptors (Lipinski definition) is 5. The number of carbonyl (C=O) groups is 2. The lowest BCUT2D eigenvalue weighted by Crippen LogP contribution is -2.46. The Morgan fingerprint density at radius 2 is 2.09 bits per heavy atom. The lowest BCUT2D eigenvalue weighted by Gasteiger charge is -2.18. The number of amides is 3. The maximum atomic E-state index is 12.6. The van der Waals surface area contributed by atoms with E-state index in [4.69, 9.17) is 0 Å². The van der Waals surface area contributed by atoms with Crippen LogP contribution in [0, 0.1) is 0 Å². The standard InChI is InChI=1S/C15H15N5O2S/c21-13-15(6-7-23-9-15)17-14(22)19(13)8-12-16-10-20(18-12)11-4-2-1-3-5-11/h1-5,10H,6-9H2,(H,17,22). The molecular weight excluding hydrogens is 314 g/mol. The van der Waals surface area contributed by atoms with Gasteiger partial charge >= 0.3 is 6.03 Å². The average molecular weight is 329 g/mol. The SMILES string of the molecule is O=C1NC2(CCSC2)C(=O)N1Cc1ncn(-c2ccccc2)n1. The number of urea groups is 1. The smallest absolute Gasteiger partial charge is 0.322 e. The van der Waals surface area contributed by atoms with Crippen molar-refractivity contribution in [3.63, 3.8) is 0 Å². The minimum absolute atomic E-state index is 0.0942. The van der Waals surface area contributed by atoms with Crippen LogP contribution in [0.1, 0.15) is 12.2 Å². The number of benzene rings is 1. The first-order valence-corrected chi connectivity index (χ1v) is 8.51. The van der Waals surface area contributed by atoms with Gasteiger partial charge in [-0.1, -0.05) is 18.2 Å². The molecule has 0 radical (unpaired) electrons. The van der Waals surface area contributed by atoms with Crippen molar-refractivity contribution in [2.45, 2.75) is 18.5 Å².